The highest BCUT2D eigenvalue weighted by Crippen LogP contribution is 2.46. The van der Waals surface area contributed by atoms with Crippen molar-refractivity contribution in [1.29, 1.82) is 0 Å². The Balaban J connectivity index is 1.57. The molecule has 0 N–H and O–H groups in total. The van der Waals surface area contributed by atoms with Gasteiger partial charge in [0.05, 0.1) is 11.0 Å². The number of fused-ring (bicyclic) bond motifs is 6. The topological polar surface area (TPSA) is 18.1 Å². The van der Waals surface area contributed by atoms with Crippen LogP contribution in [0.2, 0.25) is 0 Å². The molecule has 0 spiro atoms. The van der Waals surface area contributed by atoms with Crippen LogP contribution in [0.15, 0.2) is 101 Å². The van der Waals surface area contributed by atoms with Gasteiger partial charge in [-0.25, -0.2) is 0 Å². The van der Waals surface area contributed by atoms with E-state index < -0.39 is 0 Å². The maximum Gasteiger partial charge on any atom is 0.139 e. The predicted octanol–water partition coefficient (Wildman–Crippen LogP) is 12.2. The Bertz CT molecular complexity index is 2160. The maximum atomic E-state index is 7.01. The van der Waals surface area contributed by atoms with Crippen LogP contribution in [0.3, 0.4) is 0 Å². The Hall–Kier alpha value is -4.30. The standard InChI is InChI=1S/C42H43NO/c1-40(2,3)27-24-32-37-29(21-22-33(41(4,5)6)39(37)44-38(32)34(25-27)42(7,8)9)26-15-14-16-28(23-26)43-35-19-12-10-17-30(35)31-18-11-13-20-36(31)43/h10-25H,1-9H3. The van der Waals surface area contributed by atoms with Gasteiger partial charge in [-0.15, -0.1) is 0 Å². The summed E-state index contributed by atoms with van der Waals surface area (Å²) in [4.78, 5) is 0. The summed E-state index contributed by atoms with van der Waals surface area (Å²) in [6, 6.07) is 35.8. The maximum absolute atomic E-state index is 7.01. The van der Waals surface area contributed by atoms with Gasteiger partial charge < -0.3 is 8.98 Å². The van der Waals surface area contributed by atoms with Crippen molar-refractivity contribution in [3.8, 4) is 16.8 Å². The molecule has 222 valence electrons. The number of rotatable bonds is 2. The average molecular weight is 578 g/mol. The molecule has 0 amide bonds. The van der Waals surface area contributed by atoms with Crippen LogP contribution >= 0.6 is 0 Å². The van der Waals surface area contributed by atoms with Gasteiger partial charge in [0.25, 0.3) is 0 Å². The summed E-state index contributed by atoms with van der Waals surface area (Å²) >= 11 is 0. The lowest BCUT2D eigenvalue weighted by atomic mass is 9.79. The zero-order chi connectivity index (χ0) is 31.2. The first kappa shape index (κ1) is 28.5. The highest BCUT2D eigenvalue weighted by atomic mass is 16.3. The van der Waals surface area contributed by atoms with Crippen molar-refractivity contribution in [2.24, 2.45) is 0 Å². The summed E-state index contributed by atoms with van der Waals surface area (Å²) in [6.45, 7) is 20.6. The molecule has 0 saturated carbocycles. The highest BCUT2D eigenvalue weighted by molar-refractivity contribution is 6.15. The Morgan fingerprint density at radius 2 is 1.11 bits per heavy atom. The lowest BCUT2D eigenvalue weighted by Gasteiger charge is -2.25. The predicted molar refractivity (Wildman–Crippen MR) is 190 cm³/mol. The van der Waals surface area contributed by atoms with Gasteiger partial charge in [0.1, 0.15) is 11.2 Å². The first-order chi connectivity index (χ1) is 20.7. The first-order valence-electron chi connectivity index (χ1n) is 15.9. The zero-order valence-electron chi connectivity index (χ0n) is 27.6. The van der Waals surface area contributed by atoms with Crippen molar-refractivity contribution in [1.82, 2.24) is 4.57 Å². The van der Waals surface area contributed by atoms with E-state index in [-0.39, 0.29) is 16.2 Å². The Labute approximate surface area is 261 Å². The molecule has 0 saturated heterocycles. The van der Waals surface area contributed by atoms with Crippen LogP contribution in [0.1, 0.15) is 79.0 Å². The molecule has 0 fully saturated rings. The molecule has 0 unspecified atom stereocenters. The second-order valence-electron chi connectivity index (χ2n) is 15.5. The van der Waals surface area contributed by atoms with Crippen molar-refractivity contribution in [2.75, 3.05) is 0 Å². The number of para-hydroxylation sites is 2. The van der Waals surface area contributed by atoms with Gasteiger partial charge in [-0.1, -0.05) is 129 Å². The number of hydrogen-bond acceptors (Lipinski definition) is 1. The monoisotopic (exact) mass is 577 g/mol. The van der Waals surface area contributed by atoms with E-state index in [9.17, 15) is 0 Å². The van der Waals surface area contributed by atoms with Crippen molar-refractivity contribution >= 4 is 43.7 Å². The fourth-order valence-electron chi connectivity index (χ4n) is 6.82. The second kappa shape index (κ2) is 9.60. The molecule has 2 heteroatoms. The highest BCUT2D eigenvalue weighted by Gasteiger charge is 2.29. The summed E-state index contributed by atoms with van der Waals surface area (Å²) in [7, 11) is 0. The SMILES string of the molecule is CC(C)(C)c1cc(C(C)(C)C)c2oc3c(C(C)(C)C)ccc(-c4cccc(-n5c6ccccc6c6ccccc65)c4)c3c2c1. The number of aromatic nitrogens is 1. The lowest BCUT2D eigenvalue weighted by molar-refractivity contribution is 0.550. The van der Waals surface area contributed by atoms with Crippen LogP contribution in [0.5, 0.6) is 0 Å². The molecule has 2 heterocycles. The minimum absolute atomic E-state index is 0.00996. The Morgan fingerprint density at radius 3 is 1.70 bits per heavy atom. The van der Waals surface area contributed by atoms with E-state index in [2.05, 4.69) is 164 Å². The third-order valence-corrected chi connectivity index (χ3v) is 9.20. The van der Waals surface area contributed by atoms with E-state index in [1.807, 2.05) is 0 Å². The molecule has 2 aromatic heterocycles. The molecule has 0 aliphatic rings. The van der Waals surface area contributed by atoms with Gasteiger partial charge in [-0.2, -0.15) is 0 Å². The molecule has 2 nitrogen and oxygen atoms in total. The van der Waals surface area contributed by atoms with E-state index in [4.69, 9.17) is 4.42 Å². The number of hydrogen-bond donors (Lipinski definition) is 0. The van der Waals surface area contributed by atoms with Crippen LogP contribution in [0, 0.1) is 0 Å². The molecule has 44 heavy (non-hydrogen) atoms. The van der Waals surface area contributed by atoms with Gasteiger partial charge >= 0.3 is 0 Å². The molecule has 0 radical (unpaired) electrons. The normalized spacial score (nSPS) is 13.1. The van der Waals surface area contributed by atoms with E-state index in [0.717, 1.165) is 16.9 Å². The van der Waals surface area contributed by atoms with Gasteiger partial charge in [-0.3, -0.25) is 0 Å². The third-order valence-electron chi connectivity index (χ3n) is 9.20. The fourth-order valence-corrected chi connectivity index (χ4v) is 6.82. The van der Waals surface area contributed by atoms with Crippen LogP contribution in [-0.2, 0) is 16.2 Å². The molecule has 0 bridgehead atoms. The summed E-state index contributed by atoms with van der Waals surface area (Å²) < 4.78 is 9.41. The van der Waals surface area contributed by atoms with E-state index in [1.54, 1.807) is 0 Å². The van der Waals surface area contributed by atoms with Gasteiger partial charge in [0.2, 0.25) is 0 Å². The van der Waals surface area contributed by atoms with Crippen molar-refractivity contribution in [2.45, 2.75) is 78.6 Å². The van der Waals surface area contributed by atoms with Crippen LogP contribution < -0.4 is 0 Å². The Morgan fingerprint density at radius 1 is 0.500 bits per heavy atom. The van der Waals surface area contributed by atoms with Gasteiger partial charge in [0.15, 0.2) is 0 Å². The molecule has 0 atom stereocenters. The number of furan rings is 1. The number of benzene rings is 5. The van der Waals surface area contributed by atoms with Crippen LogP contribution in [0.25, 0.3) is 60.6 Å². The summed E-state index contributed by atoms with van der Waals surface area (Å²) in [6.07, 6.45) is 0. The van der Waals surface area contributed by atoms with Gasteiger partial charge in [-0.05, 0) is 63.3 Å². The molecule has 5 aromatic carbocycles. The second-order valence-corrected chi connectivity index (χ2v) is 15.5. The van der Waals surface area contributed by atoms with Crippen molar-refractivity contribution in [3.63, 3.8) is 0 Å². The first-order valence-corrected chi connectivity index (χ1v) is 15.9. The fraction of sp³-hybridized carbons (Fsp3) is 0.286. The third kappa shape index (κ3) is 4.46. The smallest absolute Gasteiger partial charge is 0.139 e. The average Bonchev–Trinajstić information content (AvgIpc) is 3.51. The molecular weight excluding hydrogens is 534 g/mol. The van der Waals surface area contributed by atoms with Gasteiger partial charge in [0, 0.05) is 38.4 Å². The molecule has 0 aliphatic carbocycles. The quantitative estimate of drug-likeness (QED) is 0.200. The van der Waals surface area contributed by atoms with E-state index in [0.29, 0.717) is 0 Å². The minimum Gasteiger partial charge on any atom is -0.455 e. The van der Waals surface area contributed by atoms with E-state index >= 15 is 0 Å². The summed E-state index contributed by atoms with van der Waals surface area (Å²) in [5.74, 6) is 0. The minimum atomic E-state index is -0.0652. The van der Waals surface area contributed by atoms with Crippen LogP contribution in [0.4, 0.5) is 0 Å². The summed E-state index contributed by atoms with van der Waals surface area (Å²) in [5.41, 5.74) is 11.7. The van der Waals surface area contributed by atoms with Crippen molar-refractivity contribution in [3.05, 3.63) is 114 Å². The molecule has 7 rings (SSSR count). The molecule has 7 aromatic rings. The molecule has 0 aliphatic heterocycles. The van der Waals surface area contributed by atoms with Crippen molar-refractivity contribution < 1.29 is 4.42 Å². The van der Waals surface area contributed by atoms with Crippen LogP contribution in [-0.4, -0.2) is 4.57 Å². The largest absolute Gasteiger partial charge is 0.455 e. The summed E-state index contributed by atoms with van der Waals surface area (Å²) in [5, 5.41) is 4.97. The zero-order valence-corrected chi connectivity index (χ0v) is 27.6. The number of nitrogens with zero attached hydrogens (tertiary/aromatic N) is 1. The lowest BCUT2D eigenvalue weighted by Crippen LogP contribution is -2.16. The van der Waals surface area contributed by atoms with E-state index in [1.165, 1.54) is 60.4 Å². The Kier molecular flexibility index (Phi) is 6.21. The molecular formula is C42H43NO.